The minimum absolute atomic E-state index is 0. The van der Waals surface area contributed by atoms with Gasteiger partial charge in [0, 0.05) is 52.5 Å². The fraction of sp³-hybridized carbons (Fsp3) is 0.514. The van der Waals surface area contributed by atoms with Crippen molar-refractivity contribution in [3.05, 3.63) is 118 Å². The van der Waals surface area contributed by atoms with Gasteiger partial charge in [0.1, 0.15) is 56.1 Å². The number of nitrogens with zero attached hydrogens (tertiary/aromatic N) is 19. The van der Waals surface area contributed by atoms with E-state index in [4.69, 9.17) is 173 Å². The molecular weight excluding hydrogens is 1670 g/mol. The van der Waals surface area contributed by atoms with Gasteiger partial charge >= 0.3 is 29.6 Å². The van der Waals surface area contributed by atoms with Gasteiger partial charge in [-0.25, -0.2) is 39.9 Å². The minimum atomic E-state index is -0.734. The van der Waals surface area contributed by atoms with Crippen LogP contribution >= 0.6 is 128 Å². The molecular formula is C70H80Cl11N22NaO7. The number of alkyl halides is 1. The number of aromatic amines is 1. The predicted molar refractivity (Wildman–Crippen MR) is 427 cm³/mol. The van der Waals surface area contributed by atoms with E-state index in [1.54, 1.807) is 23.0 Å². The van der Waals surface area contributed by atoms with Gasteiger partial charge in [0.2, 0.25) is 21.1 Å². The van der Waals surface area contributed by atoms with Crippen molar-refractivity contribution in [3.8, 4) is 6.07 Å². The van der Waals surface area contributed by atoms with E-state index in [9.17, 15) is 5.11 Å². The van der Waals surface area contributed by atoms with E-state index >= 15 is 0 Å². The SMILES string of the molecule is CC#N.CC[C@H]1O[C@@H](C2C=Cc3c(Cl)nc(Cl)nc32)C[C@H]1C.CC[C@H]1O[C@@H](C2C=Cc3nc(Cl)cc(Cl)c32)C[C@H]1C.CC[C@H]1O[C@@H](n2cnc3c(N)nc(Cl)nc32)C[C@H]1C.CC[C@H]1O[C@H](Cl)C[C@H]1C.Clc1nc(Cl)c2[nH]cnc2n1.Clc1nc(Cl)c2nc[n-]c2n1.Nc1nc(Cl)nc2c1ncn2[C@H]1C[C@@H](O)[C@@H](CO)O1.[Na+]. The van der Waals surface area contributed by atoms with Gasteiger partial charge in [0.25, 0.3) is 0 Å². The summed E-state index contributed by atoms with van der Waals surface area (Å²) in [6, 6.07) is 3.47. The molecule has 17 rings (SSSR count). The molecule has 111 heavy (non-hydrogen) atoms. The topological polar surface area (TPSA) is 396 Å². The van der Waals surface area contributed by atoms with Gasteiger partial charge in [-0.1, -0.05) is 155 Å². The molecule has 10 aromatic heterocycles. The zero-order valence-corrected chi connectivity index (χ0v) is 72.1. The summed E-state index contributed by atoms with van der Waals surface area (Å²) in [6.07, 6.45) is 22.8. The number of aliphatic hydroxyl groups excluding tert-OH is 2. The Bertz CT molecular complexity index is 4720. The molecule has 0 aromatic carbocycles. The van der Waals surface area contributed by atoms with Gasteiger partial charge in [-0.3, -0.25) is 9.13 Å². The van der Waals surface area contributed by atoms with Crippen LogP contribution in [0.4, 0.5) is 11.6 Å². The van der Waals surface area contributed by atoms with Crippen LogP contribution in [0.2, 0.25) is 52.1 Å². The largest absolute Gasteiger partial charge is 1.00 e. The Morgan fingerprint density at radius 3 is 1.60 bits per heavy atom. The molecule has 2 aliphatic carbocycles. The quantitative estimate of drug-likeness (QED) is 0.0294. The normalized spacial score (nSPS) is 26.3. The number of rotatable bonds is 9. The van der Waals surface area contributed by atoms with Crippen LogP contribution in [0.25, 0.3) is 56.8 Å². The van der Waals surface area contributed by atoms with Crippen molar-refractivity contribution < 1.29 is 63.5 Å². The van der Waals surface area contributed by atoms with E-state index in [2.05, 4.69) is 152 Å². The van der Waals surface area contributed by atoms with Crippen LogP contribution in [-0.4, -0.2) is 160 Å². The standard InChI is InChI=1S/C15H17Cl2NO.C14H16Cl2N2O.C12H16ClN5O.C10H12ClN5O3.C7H13ClO.C5H2Cl2N4.C5HCl2N4.C2H3N.Na/c1-3-12-8(2)6-13(19-12)9-4-5-11-15(9)10(16)7-14(17)18-11;1-3-10-7(2)6-11(19-10)8-4-5-9-12(8)17-14(16)18-13(9)15;1-3-7-6(2)4-8(19-7)18-5-15-9-10(14)16-12(13)17-11(9)18;11-10-14-8(12)7-9(15-10)16(3-13-7)6-1-4(18)5(2-17)19-6;1-3-6-5(2)4-7(8)9-6;2*6-3-2-4(9-1-8-2)11-5(7)10-3;1-2-3;/h4-5,7-9,12-13H,3,6H2,1-2H3;4-5,7-8,10-11H,3,6H2,1-2H3;5-8H,3-4H2,1-2H3,(H2,14,16,17);3-6,17-18H,1-2H2,(H2,12,14,15);5-7H,3-4H2,1-2H3;1H,(H,8,9,10,11);1H;1H3;/q;;;;;;-1;;+1/t8-,9?,12-,13-;7-,8?,10-,11-;6-,7-,8-;4-,5-,6-;5-,6-,7+;;;;/m11111..../s1. The molecule has 29 nitrogen and oxygen atoms in total. The number of halogens is 11. The summed E-state index contributed by atoms with van der Waals surface area (Å²) in [5.41, 5.74) is 19.3. The fourth-order valence-electron chi connectivity index (χ4n) is 14.0. The predicted octanol–water partition coefficient (Wildman–Crippen LogP) is 13.8. The molecule has 0 bridgehead atoms. The van der Waals surface area contributed by atoms with E-state index in [-0.39, 0.29) is 121 Å². The number of pyridine rings is 1. The van der Waals surface area contributed by atoms with Gasteiger partial charge in [-0.2, -0.15) is 30.2 Å². The van der Waals surface area contributed by atoms with Crippen LogP contribution < -0.4 is 46.0 Å². The Labute approximate surface area is 717 Å². The second-order valence-corrected chi connectivity index (χ2v) is 30.7. The molecule has 41 heteroatoms. The summed E-state index contributed by atoms with van der Waals surface area (Å²) in [6.45, 7) is 18.7. The third-order valence-corrected chi connectivity index (χ3v) is 21.8. The second-order valence-electron chi connectivity index (χ2n) is 26.7. The first-order chi connectivity index (χ1) is 52.6. The maximum atomic E-state index is 9.74. The number of aliphatic hydroxyl groups is 2. The Kier molecular flexibility index (Phi) is 33.3. The number of nitrogen functional groups attached to an aromatic ring is 2. The molecule has 5 aliphatic heterocycles. The molecule has 7 aliphatic rings. The molecule has 17 atom stereocenters. The number of nitriles is 1. The van der Waals surface area contributed by atoms with Crippen LogP contribution in [0, 0.1) is 35.0 Å². The van der Waals surface area contributed by atoms with Crippen LogP contribution in [0.1, 0.15) is 167 Å². The minimum Gasteiger partial charge on any atom is -0.394 e. The number of H-pyrrole nitrogens is 1. The van der Waals surface area contributed by atoms with Crippen molar-refractivity contribution in [2.45, 2.75) is 199 Å². The zero-order chi connectivity index (χ0) is 79.5. The van der Waals surface area contributed by atoms with Gasteiger partial charge in [-0.05, 0) is 140 Å². The average molecular weight is 1750 g/mol. The second kappa shape index (κ2) is 41.2. The van der Waals surface area contributed by atoms with E-state index in [1.807, 2.05) is 16.7 Å². The van der Waals surface area contributed by atoms with Crippen LogP contribution in [0.15, 0.2) is 43.5 Å². The molecule has 0 spiro atoms. The van der Waals surface area contributed by atoms with E-state index in [0.717, 1.165) is 73.9 Å². The number of aromatic nitrogens is 19. The number of nitrogens with one attached hydrogen (secondary N) is 1. The summed E-state index contributed by atoms with van der Waals surface area (Å²) >= 11 is 64.1. The van der Waals surface area contributed by atoms with Crippen molar-refractivity contribution in [3.63, 3.8) is 0 Å². The molecule has 0 amide bonds. The summed E-state index contributed by atoms with van der Waals surface area (Å²) in [7, 11) is 0. The number of ether oxygens (including phenoxy) is 5. The number of anilines is 2. The van der Waals surface area contributed by atoms with E-state index in [0.29, 0.717) is 114 Å². The monoisotopic (exact) mass is 1750 g/mol. The summed E-state index contributed by atoms with van der Waals surface area (Å²) < 4.78 is 32.8. The Morgan fingerprint density at radius 1 is 0.568 bits per heavy atom. The Hall–Kier alpha value is -5.09. The molecule has 0 radical (unpaired) electrons. The van der Waals surface area contributed by atoms with Crippen molar-refractivity contribution in [1.29, 1.82) is 5.26 Å². The Balaban J connectivity index is 0.000000150. The zero-order valence-electron chi connectivity index (χ0n) is 61.8. The van der Waals surface area contributed by atoms with Crippen LogP contribution in [-0.2, 0) is 23.7 Å². The van der Waals surface area contributed by atoms with Crippen molar-refractivity contribution in [1.82, 2.24) is 93.9 Å². The number of hydrogen-bond donors (Lipinski definition) is 5. The van der Waals surface area contributed by atoms with Crippen LogP contribution in [0.3, 0.4) is 0 Å². The van der Waals surface area contributed by atoms with Crippen molar-refractivity contribution in [2.75, 3.05) is 18.1 Å². The molecule has 0 saturated carbocycles. The molecule has 15 heterocycles. The molecule has 7 N–H and O–H groups in total. The maximum absolute atomic E-state index is 9.74. The van der Waals surface area contributed by atoms with E-state index < -0.39 is 18.4 Å². The Morgan fingerprint density at radius 2 is 1.06 bits per heavy atom. The molecule has 5 saturated heterocycles. The van der Waals surface area contributed by atoms with Crippen molar-refractivity contribution >= 4 is 196 Å². The third-order valence-electron chi connectivity index (χ3n) is 19.4. The molecule has 10 aromatic rings. The maximum Gasteiger partial charge on any atom is 1.00 e. The van der Waals surface area contributed by atoms with Gasteiger partial charge in [0.05, 0.1) is 85.8 Å². The van der Waals surface area contributed by atoms with Crippen LogP contribution in [0.5, 0.6) is 0 Å². The molecule has 5 fully saturated rings. The van der Waals surface area contributed by atoms with Crippen molar-refractivity contribution in [2.24, 2.45) is 23.7 Å². The van der Waals surface area contributed by atoms with Gasteiger partial charge in [0.15, 0.2) is 39.0 Å². The third kappa shape index (κ3) is 22.0. The number of hydrogen-bond acceptors (Lipinski definition) is 25. The number of fused-ring (bicyclic) bond motifs is 6. The smallest absolute Gasteiger partial charge is 0.394 e. The summed E-state index contributed by atoms with van der Waals surface area (Å²) in [5.74, 6) is 3.20. The fourth-order valence-corrected chi connectivity index (χ4v) is 16.6. The molecule has 590 valence electrons. The first kappa shape index (κ1) is 89.8. The van der Waals surface area contributed by atoms with Gasteiger partial charge in [-0.15, -0.1) is 0 Å². The van der Waals surface area contributed by atoms with Gasteiger partial charge < -0.3 is 65.3 Å². The summed E-state index contributed by atoms with van der Waals surface area (Å²) in [4.78, 5) is 66.3. The first-order valence-corrected chi connectivity index (χ1v) is 39.6. The number of nitrogens with two attached hydrogens (primary N) is 2. The molecule has 2 unspecified atom stereocenters. The van der Waals surface area contributed by atoms with E-state index in [1.165, 1.54) is 25.9 Å². The number of imidazole rings is 4. The average Bonchev–Trinajstić information content (AvgIpc) is 1.65. The summed E-state index contributed by atoms with van der Waals surface area (Å²) in [5, 5.41) is 28.8. The first-order valence-electron chi connectivity index (χ1n) is 35.3.